The van der Waals surface area contributed by atoms with E-state index in [4.69, 9.17) is 12.2 Å². The molecule has 1 aromatic heterocycles. The first kappa shape index (κ1) is 18.5. The third-order valence-corrected chi connectivity index (χ3v) is 5.34. The second-order valence-corrected chi connectivity index (χ2v) is 7.49. The van der Waals surface area contributed by atoms with Crippen molar-refractivity contribution in [2.45, 2.75) is 25.7 Å². The van der Waals surface area contributed by atoms with E-state index in [1.807, 2.05) is 28.5 Å². The van der Waals surface area contributed by atoms with Crippen LogP contribution >= 0.6 is 23.6 Å². The van der Waals surface area contributed by atoms with Crippen molar-refractivity contribution >= 4 is 46.2 Å². The van der Waals surface area contributed by atoms with Crippen molar-refractivity contribution in [1.82, 2.24) is 10.2 Å². The Morgan fingerprint density at radius 3 is 2.42 bits per heavy atom. The summed E-state index contributed by atoms with van der Waals surface area (Å²) in [5.74, 6) is -0.254. The third kappa shape index (κ3) is 4.68. The van der Waals surface area contributed by atoms with Gasteiger partial charge in [-0.3, -0.25) is 14.9 Å². The Balaban J connectivity index is 1.69. The van der Waals surface area contributed by atoms with Crippen molar-refractivity contribution in [2.24, 2.45) is 0 Å². The molecule has 0 atom stereocenters. The molecule has 3 rings (SSSR count). The Labute approximate surface area is 162 Å². The van der Waals surface area contributed by atoms with Gasteiger partial charge in [-0.05, 0) is 48.6 Å². The van der Waals surface area contributed by atoms with Crippen LogP contribution in [-0.2, 0) is 0 Å². The molecule has 0 radical (unpaired) electrons. The van der Waals surface area contributed by atoms with Crippen LogP contribution in [0.25, 0.3) is 0 Å². The number of likely N-dealkylation sites (tertiary alicyclic amines) is 1. The molecule has 1 aliphatic rings. The van der Waals surface area contributed by atoms with Crippen LogP contribution in [0.1, 0.15) is 45.7 Å². The van der Waals surface area contributed by atoms with Gasteiger partial charge in [0, 0.05) is 13.1 Å². The van der Waals surface area contributed by atoms with Gasteiger partial charge < -0.3 is 10.2 Å². The summed E-state index contributed by atoms with van der Waals surface area (Å²) in [5, 5.41) is 7.66. The average molecular weight is 388 g/mol. The van der Waals surface area contributed by atoms with Crippen molar-refractivity contribution in [3.63, 3.8) is 0 Å². The zero-order chi connectivity index (χ0) is 18.4. The third-order valence-electron chi connectivity index (χ3n) is 4.27. The Morgan fingerprint density at radius 1 is 1.00 bits per heavy atom. The van der Waals surface area contributed by atoms with Gasteiger partial charge in [0.05, 0.1) is 16.1 Å². The van der Waals surface area contributed by atoms with Crippen LogP contribution in [0, 0.1) is 0 Å². The summed E-state index contributed by atoms with van der Waals surface area (Å²) in [4.78, 5) is 27.5. The molecule has 0 unspecified atom stereocenters. The zero-order valence-electron chi connectivity index (χ0n) is 14.4. The molecule has 0 aliphatic carbocycles. The van der Waals surface area contributed by atoms with E-state index in [0.717, 1.165) is 25.9 Å². The molecule has 1 aliphatic heterocycles. The molecular formula is C19H21N3O2S2. The first-order valence-corrected chi connectivity index (χ1v) is 9.98. The van der Waals surface area contributed by atoms with E-state index in [9.17, 15) is 9.59 Å². The van der Waals surface area contributed by atoms with E-state index >= 15 is 0 Å². The van der Waals surface area contributed by atoms with Crippen LogP contribution in [0.5, 0.6) is 0 Å². The number of hydrogen-bond donors (Lipinski definition) is 2. The highest BCUT2D eigenvalue weighted by atomic mass is 32.1. The summed E-state index contributed by atoms with van der Waals surface area (Å²) < 4.78 is 0. The maximum absolute atomic E-state index is 12.9. The van der Waals surface area contributed by atoms with Crippen molar-refractivity contribution < 1.29 is 9.59 Å². The monoisotopic (exact) mass is 387 g/mol. The van der Waals surface area contributed by atoms with Crippen LogP contribution in [0.15, 0.2) is 41.8 Å². The van der Waals surface area contributed by atoms with E-state index in [1.54, 1.807) is 18.2 Å². The number of thiophene rings is 1. The normalized spacial score (nSPS) is 14.4. The molecule has 2 N–H and O–H groups in total. The van der Waals surface area contributed by atoms with Gasteiger partial charge in [-0.25, -0.2) is 0 Å². The number of nitrogens with one attached hydrogen (secondary N) is 2. The molecule has 5 nitrogen and oxygen atoms in total. The van der Waals surface area contributed by atoms with Crippen LogP contribution in [0.2, 0.25) is 0 Å². The van der Waals surface area contributed by atoms with E-state index in [2.05, 4.69) is 10.6 Å². The molecule has 0 bridgehead atoms. The fraction of sp³-hybridized carbons (Fsp3) is 0.316. The summed E-state index contributed by atoms with van der Waals surface area (Å²) >= 11 is 6.60. The van der Waals surface area contributed by atoms with Crippen molar-refractivity contribution in [3.8, 4) is 0 Å². The van der Waals surface area contributed by atoms with Gasteiger partial charge in [-0.2, -0.15) is 0 Å². The molecule has 136 valence electrons. The number of rotatable bonds is 3. The zero-order valence-corrected chi connectivity index (χ0v) is 16.0. The molecular weight excluding hydrogens is 366 g/mol. The lowest BCUT2D eigenvalue weighted by atomic mass is 10.1. The summed E-state index contributed by atoms with van der Waals surface area (Å²) in [6.45, 7) is 1.57. The number of thiocarbonyl (C=S) groups is 1. The van der Waals surface area contributed by atoms with Gasteiger partial charge in [0.25, 0.3) is 11.8 Å². The summed E-state index contributed by atoms with van der Waals surface area (Å²) in [5.41, 5.74) is 1.18. The van der Waals surface area contributed by atoms with E-state index in [0.29, 0.717) is 16.1 Å². The topological polar surface area (TPSA) is 61.4 Å². The molecule has 1 saturated heterocycles. The van der Waals surface area contributed by atoms with Crippen LogP contribution in [0.4, 0.5) is 5.69 Å². The van der Waals surface area contributed by atoms with Gasteiger partial charge in [-0.15, -0.1) is 11.3 Å². The minimum Gasteiger partial charge on any atom is -0.339 e. The molecule has 1 aromatic carbocycles. The van der Waals surface area contributed by atoms with Gasteiger partial charge in [0.1, 0.15) is 0 Å². The van der Waals surface area contributed by atoms with Gasteiger partial charge in [0.2, 0.25) is 0 Å². The van der Waals surface area contributed by atoms with Crippen molar-refractivity contribution in [1.29, 1.82) is 0 Å². The van der Waals surface area contributed by atoms with Gasteiger partial charge in [-0.1, -0.05) is 31.0 Å². The molecule has 2 aromatic rings. The fourth-order valence-corrected chi connectivity index (χ4v) is 3.77. The lowest BCUT2D eigenvalue weighted by Gasteiger charge is -2.22. The maximum atomic E-state index is 12.9. The quantitative estimate of drug-likeness (QED) is 0.785. The molecule has 0 spiro atoms. The minimum absolute atomic E-state index is 0.00221. The minimum atomic E-state index is -0.256. The highest BCUT2D eigenvalue weighted by molar-refractivity contribution is 7.80. The first-order valence-electron chi connectivity index (χ1n) is 8.69. The Morgan fingerprint density at radius 2 is 1.73 bits per heavy atom. The maximum Gasteiger partial charge on any atom is 0.267 e. The summed E-state index contributed by atoms with van der Waals surface area (Å²) in [6, 6.07) is 10.8. The standard InChI is InChI=1S/C19H21N3O2S2/c23-17(16-10-7-13-26-16)21-19(25)20-15-9-4-3-8-14(15)18(24)22-11-5-1-2-6-12-22/h3-4,7-10,13H,1-2,5-6,11-12H2,(H2,20,21,23,25). The number of anilines is 1. The fourth-order valence-electron chi connectivity index (χ4n) is 2.95. The molecule has 2 heterocycles. The first-order chi connectivity index (χ1) is 12.6. The number of benzene rings is 1. The number of carbonyl (C=O) groups excluding carboxylic acids is 2. The van der Waals surface area contributed by atoms with Crippen molar-refractivity contribution in [3.05, 3.63) is 52.2 Å². The lowest BCUT2D eigenvalue weighted by Crippen LogP contribution is -2.35. The van der Waals surface area contributed by atoms with Gasteiger partial charge in [0.15, 0.2) is 5.11 Å². The van der Waals surface area contributed by atoms with E-state index in [1.165, 1.54) is 24.2 Å². The number of hydrogen-bond acceptors (Lipinski definition) is 4. The molecule has 26 heavy (non-hydrogen) atoms. The van der Waals surface area contributed by atoms with Crippen molar-refractivity contribution in [2.75, 3.05) is 18.4 Å². The molecule has 2 amide bonds. The Bertz CT molecular complexity index is 782. The molecule has 7 heteroatoms. The lowest BCUT2D eigenvalue weighted by molar-refractivity contribution is 0.0762. The smallest absolute Gasteiger partial charge is 0.267 e. The second kappa shape index (κ2) is 8.91. The summed E-state index contributed by atoms with van der Waals surface area (Å²) in [6.07, 6.45) is 4.41. The van der Waals surface area contributed by atoms with Gasteiger partial charge >= 0.3 is 0 Å². The number of carbonyl (C=O) groups is 2. The average Bonchev–Trinajstić information content (AvgIpc) is 3.04. The molecule has 0 saturated carbocycles. The predicted molar refractivity (Wildman–Crippen MR) is 109 cm³/mol. The Kier molecular flexibility index (Phi) is 6.35. The largest absolute Gasteiger partial charge is 0.339 e. The van der Waals surface area contributed by atoms with Crippen LogP contribution < -0.4 is 10.6 Å². The number of amides is 2. The van der Waals surface area contributed by atoms with Crippen LogP contribution in [0.3, 0.4) is 0 Å². The summed E-state index contributed by atoms with van der Waals surface area (Å²) in [7, 11) is 0. The van der Waals surface area contributed by atoms with E-state index < -0.39 is 0 Å². The SMILES string of the molecule is O=C(NC(=S)Nc1ccccc1C(=O)N1CCCCCC1)c1cccs1. The number of nitrogens with zero attached hydrogens (tertiary/aromatic N) is 1. The second-order valence-electron chi connectivity index (χ2n) is 6.14. The molecule has 1 fully saturated rings. The predicted octanol–water partition coefficient (Wildman–Crippen LogP) is 3.89. The van der Waals surface area contributed by atoms with Crippen LogP contribution in [-0.4, -0.2) is 34.9 Å². The highest BCUT2D eigenvalue weighted by Gasteiger charge is 2.20. The highest BCUT2D eigenvalue weighted by Crippen LogP contribution is 2.20. The Hall–Kier alpha value is -2.25. The number of para-hydroxylation sites is 1. The van der Waals surface area contributed by atoms with E-state index in [-0.39, 0.29) is 16.9 Å².